The van der Waals surface area contributed by atoms with Crippen molar-refractivity contribution in [2.75, 3.05) is 7.11 Å². The van der Waals surface area contributed by atoms with Crippen LogP contribution in [0, 0.1) is 0 Å². The molecule has 6 heteroatoms. The molecule has 0 saturated carbocycles. The molecule has 0 aliphatic carbocycles. The molecule has 108 valence electrons. The standard InChI is InChI=1S/C15H12O6/c1-19-15(18)11-4-2-3-5-12(11)21-14-9-7-10(20-14)6-8-13(16)17/h2-9H,1H3,(H,16,17)/b8-6+. The van der Waals surface area contributed by atoms with Crippen molar-refractivity contribution in [1.29, 1.82) is 0 Å². The second kappa shape index (κ2) is 6.42. The van der Waals surface area contributed by atoms with Gasteiger partial charge in [-0.1, -0.05) is 12.1 Å². The summed E-state index contributed by atoms with van der Waals surface area (Å²) in [4.78, 5) is 22.0. The van der Waals surface area contributed by atoms with Gasteiger partial charge in [0, 0.05) is 12.1 Å². The van der Waals surface area contributed by atoms with Crippen LogP contribution in [0.4, 0.5) is 0 Å². The Balaban J connectivity index is 2.19. The van der Waals surface area contributed by atoms with Crippen LogP contribution < -0.4 is 4.74 Å². The molecule has 0 radical (unpaired) electrons. The third-order valence-electron chi connectivity index (χ3n) is 2.50. The SMILES string of the molecule is COC(=O)c1ccccc1Oc1ccc(/C=C/C(=O)O)o1. The summed E-state index contributed by atoms with van der Waals surface area (Å²) in [5, 5.41) is 8.53. The molecule has 0 amide bonds. The molecule has 1 aromatic heterocycles. The van der Waals surface area contributed by atoms with Crippen LogP contribution in [0.15, 0.2) is 46.9 Å². The van der Waals surface area contributed by atoms with Crippen molar-refractivity contribution in [3.05, 3.63) is 53.8 Å². The van der Waals surface area contributed by atoms with Crippen molar-refractivity contribution in [3.8, 4) is 11.7 Å². The van der Waals surface area contributed by atoms with E-state index in [0.717, 1.165) is 6.08 Å². The van der Waals surface area contributed by atoms with E-state index in [1.807, 2.05) is 0 Å². The second-order valence-electron chi connectivity index (χ2n) is 3.92. The van der Waals surface area contributed by atoms with Crippen molar-refractivity contribution >= 4 is 18.0 Å². The number of carbonyl (C=O) groups excluding carboxylic acids is 1. The fourth-order valence-corrected chi connectivity index (χ4v) is 1.57. The summed E-state index contributed by atoms with van der Waals surface area (Å²) in [6.07, 6.45) is 2.24. The van der Waals surface area contributed by atoms with E-state index in [2.05, 4.69) is 4.74 Å². The number of rotatable bonds is 5. The zero-order valence-corrected chi connectivity index (χ0v) is 11.1. The lowest BCUT2D eigenvalue weighted by molar-refractivity contribution is -0.131. The van der Waals surface area contributed by atoms with Gasteiger partial charge in [0.2, 0.25) is 0 Å². The second-order valence-corrected chi connectivity index (χ2v) is 3.92. The molecule has 1 heterocycles. The number of esters is 1. The first-order valence-corrected chi connectivity index (χ1v) is 5.96. The fourth-order valence-electron chi connectivity index (χ4n) is 1.57. The summed E-state index contributed by atoms with van der Waals surface area (Å²) in [7, 11) is 1.28. The van der Waals surface area contributed by atoms with Gasteiger partial charge in [0.05, 0.1) is 7.11 Å². The van der Waals surface area contributed by atoms with Crippen LogP contribution >= 0.6 is 0 Å². The lowest BCUT2D eigenvalue weighted by Gasteiger charge is -2.06. The molecule has 0 spiro atoms. The Morgan fingerprint density at radius 1 is 1.19 bits per heavy atom. The Morgan fingerprint density at radius 2 is 1.95 bits per heavy atom. The molecule has 21 heavy (non-hydrogen) atoms. The fraction of sp³-hybridized carbons (Fsp3) is 0.0667. The van der Waals surface area contributed by atoms with Gasteiger partial charge in [-0.25, -0.2) is 9.59 Å². The highest BCUT2D eigenvalue weighted by Crippen LogP contribution is 2.27. The topological polar surface area (TPSA) is 86.0 Å². The smallest absolute Gasteiger partial charge is 0.341 e. The van der Waals surface area contributed by atoms with E-state index in [-0.39, 0.29) is 17.3 Å². The molecule has 1 N–H and O–H groups in total. The van der Waals surface area contributed by atoms with Gasteiger partial charge in [0.1, 0.15) is 17.1 Å². The molecule has 2 rings (SSSR count). The van der Waals surface area contributed by atoms with Crippen LogP contribution in [0.5, 0.6) is 11.7 Å². The lowest BCUT2D eigenvalue weighted by Crippen LogP contribution is -2.03. The predicted octanol–water partition coefficient (Wildman–Crippen LogP) is 2.96. The highest BCUT2D eigenvalue weighted by Gasteiger charge is 2.14. The Morgan fingerprint density at radius 3 is 2.67 bits per heavy atom. The van der Waals surface area contributed by atoms with Crippen molar-refractivity contribution in [1.82, 2.24) is 0 Å². The third kappa shape index (κ3) is 3.73. The van der Waals surface area contributed by atoms with E-state index >= 15 is 0 Å². The van der Waals surface area contributed by atoms with Crippen LogP contribution in [0.2, 0.25) is 0 Å². The highest BCUT2D eigenvalue weighted by molar-refractivity contribution is 5.92. The van der Waals surface area contributed by atoms with E-state index in [1.165, 1.54) is 19.3 Å². The summed E-state index contributed by atoms with van der Waals surface area (Å²) in [5.41, 5.74) is 0.263. The van der Waals surface area contributed by atoms with E-state index in [1.54, 1.807) is 30.3 Å². The number of hydrogen-bond donors (Lipinski definition) is 1. The maximum Gasteiger partial charge on any atom is 0.341 e. The van der Waals surface area contributed by atoms with Gasteiger partial charge in [-0.15, -0.1) is 0 Å². The quantitative estimate of drug-likeness (QED) is 0.672. The number of furan rings is 1. The van der Waals surface area contributed by atoms with Gasteiger partial charge in [-0.2, -0.15) is 0 Å². The van der Waals surface area contributed by atoms with Gasteiger partial charge >= 0.3 is 11.9 Å². The van der Waals surface area contributed by atoms with Crippen LogP contribution in [-0.2, 0) is 9.53 Å². The summed E-state index contributed by atoms with van der Waals surface area (Å²) < 4.78 is 15.4. The predicted molar refractivity (Wildman–Crippen MR) is 73.2 cm³/mol. The maximum atomic E-state index is 11.6. The molecule has 0 unspecified atom stereocenters. The summed E-state index contributed by atoms with van der Waals surface area (Å²) in [6.45, 7) is 0. The minimum atomic E-state index is -1.08. The molecule has 0 aliphatic rings. The molecule has 0 fully saturated rings. The average Bonchev–Trinajstić information content (AvgIpc) is 2.92. The van der Waals surface area contributed by atoms with Crippen LogP contribution in [-0.4, -0.2) is 24.2 Å². The Labute approximate surface area is 120 Å². The summed E-state index contributed by atoms with van der Waals surface area (Å²) in [5.74, 6) is -0.861. The van der Waals surface area contributed by atoms with Crippen LogP contribution in [0.3, 0.4) is 0 Å². The highest BCUT2D eigenvalue weighted by atomic mass is 16.6. The molecule has 2 aromatic rings. The Bertz CT molecular complexity index is 683. The molecule has 0 atom stereocenters. The van der Waals surface area contributed by atoms with Crippen LogP contribution in [0.25, 0.3) is 6.08 Å². The summed E-state index contributed by atoms with van der Waals surface area (Å²) in [6, 6.07) is 9.63. The van der Waals surface area contributed by atoms with Crippen molar-refractivity contribution in [2.45, 2.75) is 0 Å². The van der Waals surface area contributed by atoms with Gasteiger partial charge in [0.15, 0.2) is 0 Å². The molecule has 0 saturated heterocycles. The number of methoxy groups -OCH3 is 1. The first-order chi connectivity index (χ1) is 10.1. The molecular weight excluding hydrogens is 276 g/mol. The van der Waals surface area contributed by atoms with E-state index in [9.17, 15) is 9.59 Å². The number of hydrogen-bond acceptors (Lipinski definition) is 5. The summed E-state index contributed by atoms with van der Waals surface area (Å²) >= 11 is 0. The number of carboxylic acid groups (broad SMARTS) is 1. The molecule has 6 nitrogen and oxygen atoms in total. The first kappa shape index (κ1) is 14.4. The minimum Gasteiger partial charge on any atom is -0.478 e. The number of para-hydroxylation sites is 1. The average molecular weight is 288 g/mol. The number of carbonyl (C=O) groups is 2. The van der Waals surface area contributed by atoms with Crippen molar-refractivity contribution in [3.63, 3.8) is 0 Å². The van der Waals surface area contributed by atoms with Gasteiger partial charge in [-0.3, -0.25) is 0 Å². The Hall–Kier alpha value is -3.02. The normalized spacial score (nSPS) is 10.5. The van der Waals surface area contributed by atoms with Gasteiger partial charge < -0.3 is 19.0 Å². The molecule has 0 aliphatic heterocycles. The molecule has 0 bridgehead atoms. The lowest BCUT2D eigenvalue weighted by atomic mass is 10.2. The zero-order valence-electron chi connectivity index (χ0n) is 11.1. The van der Waals surface area contributed by atoms with Gasteiger partial charge in [-0.05, 0) is 24.3 Å². The Kier molecular flexibility index (Phi) is 4.40. The number of benzene rings is 1. The number of ether oxygens (including phenoxy) is 2. The maximum absolute atomic E-state index is 11.6. The third-order valence-corrected chi connectivity index (χ3v) is 2.50. The van der Waals surface area contributed by atoms with Crippen molar-refractivity contribution < 1.29 is 28.6 Å². The van der Waals surface area contributed by atoms with E-state index in [0.29, 0.717) is 5.76 Å². The van der Waals surface area contributed by atoms with Crippen molar-refractivity contribution in [2.24, 2.45) is 0 Å². The van der Waals surface area contributed by atoms with Gasteiger partial charge in [0.25, 0.3) is 5.95 Å². The number of aliphatic carboxylic acids is 1. The largest absolute Gasteiger partial charge is 0.478 e. The zero-order chi connectivity index (χ0) is 15.2. The number of carboxylic acids is 1. The first-order valence-electron chi connectivity index (χ1n) is 5.96. The van der Waals surface area contributed by atoms with Crippen LogP contribution in [0.1, 0.15) is 16.1 Å². The molecular formula is C15H12O6. The monoisotopic (exact) mass is 288 g/mol. The van der Waals surface area contributed by atoms with E-state index in [4.69, 9.17) is 14.3 Å². The van der Waals surface area contributed by atoms with E-state index < -0.39 is 11.9 Å². The molecule has 1 aromatic carbocycles. The minimum absolute atomic E-state index is 0.136.